The van der Waals surface area contributed by atoms with Gasteiger partial charge in [0.1, 0.15) is 0 Å². The molecule has 66 heavy (non-hydrogen) atoms. The molecule has 4 heteroatoms. The Kier molecular flexibility index (Phi) is 9.19. The molecular weight excluding hydrogens is 816 g/mol. The quantitative estimate of drug-likeness (QED) is 0.160. The molecule has 0 saturated heterocycles. The summed E-state index contributed by atoms with van der Waals surface area (Å²) in [6, 6.07) is 30.5. The molecule has 0 saturated carbocycles. The largest absolute Gasteiger partial charge is 0.311 e. The lowest BCUT2D eigenvalue weighted by Gasteiger charge is -2.50. The number of rotatable bonds is 2. The molecule has 3 heterocycles. The van der Waals surface area contributed by atoms with Crippen molar-refractivity contribution in [3.8, 4) is 0 Å². The Balaban J connectivity index is 1.30. The number of benzene rings is 5. The minimum absolute atomic E-state index is 0.00823. The van der Waals surface area contributed by atoms with E-state index in [2.05, 4.69) is 200 Å². The fourth-order valence-electron chi connectivity index (χ4n) is 13.5. The van der Waals surface area contributed by atoms with Crippen LogP contribution in [0, 0.1) is 13.8 Å². The van der Waals surface area contributed by atoms with Crippen LogP contribution in [0.2, 0.25) is 0 Å². The molecule has 1 aromatic heterocycles. The van der Waals surface area contributed by atoms with Crippen LogP contribution in [-0.4, -0.2) is 6.71 Å². The summed E-state index contributed by atoms with van der Waals surface area (Å²) < 4.78 is 1.42. The van der Waals surface area contributed by atoms with Crippen LogP contribution in [0.15, 0.2) is 72.8 Å². The van der Waals surface area contributed by atoms with E-state index in [9.17, 15) is 0 Å². The standard InChI is InChI=1S/C62H75BN2S/c1-36-30-48-53-49(31-36)65(47-34-44-42(32-37(47)2)58(8,9)24-26-60(44,12)13)54-46(23-22-41-51(54)62(16,17)29-28-57(41,6)7)63(53)52-40-33-43-45(61(14,15)27-25-59(43,10)11)35-50(40)66-55(52)64(48)39-20-18-38(19-21-39)56(3,4)5/h18-23,30-35H,24-29H2,1-17H3. The van der Waals surface area contributed by atoms with Gasteiger partial charge in [0, 0.05) is 33.1 Å². The average Bonchev–Trinajstić information content (AvgIpc) is 3.60. The van der Waals surface area contributed by atoms with Crippen molar-refractivity contribution in [1.29, 1.82) is 0 Å². The molecule has 0 amide bonds. The number of thiophene rings is 1. The van der Waals surface area contributed by atoms with E-state index in [0.717, 1.165) is 0 Å². The molecule has 11 rings (SSSR count). The summed E-state index contributed by atoms with van der Waals surface area (Å²) in [5, 5.41) is 2.83. The van der Waals surface area contributed by atoms with Gasteiger partial charge in [-0.3, -0.25) is 0 Å². The van der Waals surface area contributed by atoms with Crippen molar-refractivity contribution in [3.05, 3.63) is 123 Å². The first-order valence-electron chi connectivity index (χ1n) is 25.4. The highest BCUT2D eigenvalue weighted by molar-refractivity contribution is 7.26. The highest BCUT2D eigenvalue weighted by Gasteiger charge is 2.51. The summed E-state index contributed by atoms with van der Waals surface area (Å²) in [5.74, 6) is 0. The van der Waals surface area contributed by atoms with Gasteiger partial charge in [0.05, 0.1) is 5.00 Å². The van der Waals surface area contributed by atoms with Crippen LogP contribution < -0.4 is 26.2 Å². The first kappa shape index (κ1) is 44.2. The van der Waals surface area contributed by atoms with E-state index in [-0.39, 0.29) is 44.6 Å². The fourth-order valence-corrected chi connectivity index (χ4v) is 14.8. The molecule has 0 fully saturated rings. The van der Waals surface area contributed by atoms with Crippen LogP contribution >= 0.6 is 11.3 Å². The average molecular weight is 891 g/mol. The highest BCUT2D eigenvalue weighted by Crippen LogP contribution is 2.57. The summed E-state index contributed by atoms with van der Waals surface area (Å²) >= 11 is 2.03. The van der Waals surface area contributed by atoms with E-state index in [1.165, 1.54) is 132 Å². The molecule has 3 aliphatic carbocycles. The third-order valence-corrected chi connectivity index (χ3v) is 19.3. The van der Waals surface area contributed by atoms with E-state index in [4.69, 9.17) is 0 Å². The molecule has 0 spiro atoms. The third-order valence-electron chi connectivity index (χ3n) is 18.1. The lowest BCUT2D eigenvalue weighted by Crippen LogP contribution is -2.62. The molecule has 5 aliphatic rings. The zero-order valence-electron chi connectivity index (χ0n) is 43.6. The highest BCUT2D eigenvalue weighted by atomic mass is 32.1. The van der Waals surface area contributed by atoms with E-state index in [1.54, 1.807) is 16.7 Å². The van der Waals surface area contributed by atoms with Crippen LogP contribution in [0.25, 0.3) is 10.1 Å². The maximum atomic E-state index is 2.82. The van der Waals surface area contributed by atoms with Crippen LogP contribution in [0.1, 0.15) is 192 Å². The molecule has 342 valence electrons. The van der Waals surface area contributed by atoms with Crippen LogP contribution in [0.5, 0.6) is 0 Å². The second-order valence-electron chi connectivity index (χ2n) is 26.7. The van der Waals surface area contributed by atoms with E-state index in [1.807, 2.05) is 11.3 Å². The summed E-state index contributed by atoms with van der Waals surface area (Å²) in [7, 11) is 0. The Morgan fingerprint density at radius 2 is 1.00 bits per heavy atom. The van der Waals surface area contributed by atoms with Gasteiger partial charge in [-0.05, 0) is 205 Å². The van der Waals surface area contributed by atoms with Crippen molar-refractivity contribution in [3.63, 3.8) is 0 Å². The summed E-state index contributed by atoms with van der Waals surface area (Å²) in [5.41, 5.74) is 25.0. The maximum absolute atomic E-state index is 2.82. The van der Waals surface area contributed by atoms with Crippen molar-refractivity contribution in [2.75, 3.05) is 9.80 Å². The molecule has 0 unspecified atom stereocenters. The Labute approximate surface area is 402 Å². The molecule has 2 nitrogen and oxygen atoms in total. The first-order chi connectivity index (χ1) is 30.6. The fraction of sp³-hybridized carbons (Fsp3) is 0.484. The van der Waals surface area contributed by atoms with Crippen LogP contribution in [-0.2, 0) is 37.9 Å². The predicted octanol–water partition coefficient (Wildman–Crippen LogP) is 15.9. The van der Waals surface area contributed by atoms with Crippen molar-refractivity contribution in [2.24, 2.45) is 0 Å². The second kappa shape index (κ2) is 13.7. The van der Waals surface area contributed by atoms with Gasteiger partial charge in [0.25, 0.3) is 6.71 Å². The molecular formula is C62H75BN2S. The lowest BCUT2D eigenvalue weighted by molar-refractivity contribution is 0.331. The monoisotopic (exact) mass is 891 g/mol. The Bertz CT molecular complexity index is 3050. The molecule has 0 atom stereocenters. The molecule has 0 bridgehead atoms. The number of hydrogen-bond donors (Lipinski definition) is 0. The zero-order valence-corrected chi connectivity index (χ0v) is 44.4. The SMILES string of the molecule is Cc1cc2c3c(c1)N(c1cc4c(cc1C)C(C)(C)CCC4(C)C)c1c(ccc4c1C(C)(C)CCC4(C)C)B3c1c(sc3cc4c(cc13)C(C)(C)CCC4(C)C)N2c1ccc(C(C)(C)C)cc1. The van der Waals surface area contributed by atoms with Gasteiger partial charge in [-0.2, -0.15) is 0 Å². The number of hydrogen-bond acceptors (Lipinski definition) is 3. The third kappa shape index (κ3) is 6.24. The van der Waals surface area contributed by atoms with Gasteiger partial charge in [0.15, 0.2) is 0 Å². The van der Waals surface area contributed by atoms with Gasteiger partial charge in [0.2, 0.25) is 0 Å². The van der Waals surface area contributed by atoms with E-state index < -0.39 is 0 Å². The van der Waals surface area contributed by atoms with Gasteiger partial charge in [-0.25, -0.2) is 0 Å². The zero-order chi connectivity index (χ0) is 47.2. The number of nitrogens with zero attached hydrogens (tertiary/aromatic N) is 2. The number of fused-ring (bicyclic) bond motifs is 10. The van der Waals surface area contributed by atoms with Crippen molar-refractivity contribution in [2.45, 2.75) is 194 Å². The molecule has 5 aromatic carbocycles. The van der Waals surface area contributed by atoms with Crippen LogP contribution in [0.3, 0.4) is 0 Å². The topological polar surface area (TPSA) is 6.48 Å². The number of aryl methyl sites for hydroxylation is 2. The summed E-state index contributed by atoms with van der Waals surface area (Å²) in [6.07, 6.45) is 7.18. The van der Waals surface area contributed by atoms with E-state index in [0.29, 0.717) is 0 Å². The Morgan fingerprint density at radius 3 is 1.58 bits per heavy atom. The Hall–Kier alpha value is -4.28. The van der Waals surface area contributed by atoms with Crippen molar-refractivity contribution in [1.82, 2.24) is 0 Å². The van der Waals surface area contributed by atoms with Gasteiger partial charge < -0.3 is 9.80 Å². The Morgan fingerprint density at radius 1 is 0.500 bits per heavy atom. The number of anilines is 6. The van der Waals surface area contributed by atoms with Gasteiger partial charge in [-0.1, -0.05) is 134 Å². The summed E-state index contributed by atoms with van der Waals surface area (Å²) in [4.78, 5) is 5.50. The smallest absolute Gasteiger partial charge is 0.254 e. The van der Waals surface area contributed by atoms with Crippen molar-refractivity contribution >= 4 is 78.0 Å². The van der Waals surface area contributed by atoms with Crippen LogP contribution in [0.4, 0.5) is 33.4 Å². The first-order valence-corrected chi connectivity index (χ1v) is 26.2. The van der Waals surface area contributed by atoms with Gasteiger partial charge >= 0.3 is 0 Å². The molecule has 0 N–H and O–H groups in total. The van der Waals surface area contributed by atoms with Gasteiger partial charge in [-0.15, -0.1) is 11.3 Å². The molecule has 6 aromatic rings. The maximum Gasteiger partial charge on any atom is 0.254 e. The lowest BCUT2D eigenvalue weighted by atomic mass is 9.33. The van der Waals surface area contributed by atoms with E-state index >= 15 is 0 Å². The molecule has 0 radical (unpaired) electrons. The second-order valence-corrected chi connectivity index (χ2v) is 27.8. The normalized spacial score (nSPS) is 21.1. The minimum atomic E-state index is -0.00823. The summed E-state index contributed by atoms with van der Waals surface area (Å²) in [6.45, 7) is 41.8. The minimum Gasteiger partial charge on any atom is -0.311 e. The predicted molar refractivity (Wildman–Crippen MR) is 290 cm³/mol. The van der Waals surface area contributed by atoms with Crippen molar-refractivity contribution < 1.29 is 0 Å². The molecule has 2 aliphatic heterocycles.